The van der Waals surface area contributed by atoms with Gasteiger partial charge in [0.05, 0.1) is 0 Å². The summed E-state index contributed by atoms with van der Waals surface area (Å²) in [5.74, 6) is 0. The van der Waals surface area contributed by atoms with Gasteiger partial charge in [-0.05, 0) is 44.4 Å². The summed E-state index contributed by atoms with van der Waals surface area (Å²) in [5, 5.41) is 0. The fraction of sp³-hybridized carbons (Fsp3) is 0.500. The van der Waals surface area contributed by atoms with Crippen molar-refractivity contribution in [1.82, 2.24) is 0 Å². The minimum atomic E-state index is -1.11. The predicted molar refractivity (Wildman–Crippen MR) is 60.2 cm³/mol. The molecule has 1 aromatic rings. The molecule has 1 saturated carbocycles. The third-order valence-electron chi connectivity index (χ3n) is 3.28. The van der Waals surface area contributed by atoms with Gasteiger partial charge in [-0.2, -0.15) is 0 Å². The van der Waals surface area contributed by atoms with Gasteiger partial charge >= 0.3 is 0 Å². The molecule has 0 saturated heterocycles. The molecule has 0 heterocycles. The summed E-state index contributed by atoms with van der Waals surface area (Å²) in [6, 6.07) is 8.03. The zero-order valence-electron chi connectivity index (χ0n) is 8.48. The van der Waals surface area contributed by atoms with E-state index in [1.54, 1.807) is 13.8 Å². The largest absolute Gasteiger partial charge is 0.244 e. The van der Waals surface area contributed by atoms with Crippen LogP contribution >= 0.6 is 15.9 Å². The lowest BCUT2D eigenvalue weighted by Crippen LogP contribution is -2.31. The molecular weight excluding hydrogens is 243 g/mol. The summed E-state index contributed by atoms with van der Waals surface area (Å²) in [6.07, 6.45) is 1.94. The molecule has 0 aliphatic heterocycles. The van der Waals surface area contributed by atoms with Crippen LogP contribution in [0.3, 0.4) is 0 Å². The summed E-state index contributed by atoms with van der Waals surface area (Å²) in [6.45, 7) is 3.37. The quantitative estimate of drug-likeness (QED) is 0.743. The summed E-state index contributed by atoms with van der Waals surface area (Å²) >= 11 is 3.39. The smallest absolute Gasteiger partial charge is 0.115 e. The van der Waals surface area contributed by atoms with Gasteiger partial charge in [0, 0.05) is 9.89 Å². The maximum Gasteiger partial charge on any atom is 0.115 e. The SMILES string of the molecule is CC(C)(F)C1(c2ccc(Br)cc2)CC1. The fourth-order valence-corrected chi connectivity index (χ4v) is 2.38. The number of halogens is 2. The zero-order valence-corrected chi connectivity index (χ0v) is 10.1. The average Bonchev–Trinajstić information content (AvgIpc) is 2.84. The molecule has 1 aliphatic carbocycles. The highest BCUT2D eigenvalue weighted by atomic mass is 79.9. The van der Waals surface area contributed by atoms with E-state index in [1.165, 1.54) is 0 Å². The number of hydrogen-bond donors (Lipinski definition) is 0. The van der Waals surface area contributed by atoms with Crippen molar-refractivity contribution in [2.24, 2.45) is 0 Å². The van der Waals surface area contributed by atoms with Crippen molar-refractivity contribution in [3.05, 3.63) is 34.3 Å². The molecule has 0 N–H and O–H groups in total. The Labute approximate surface area is 92.6 Å². The lowest BCUT2D eigenvalue weighted by molar-refractivity contribution is 0.156. The molecule has 0 bridgehead atoms. The molecule has 0 spiro atoms. The Hall–Kier alpha value is -0.370. The van der Waals surface area contributed by atoms with Gasteiger partial charge < -0.3 is 0 Å². The van der Waals surface area contributed by atoms with Crippen molar-refractivity contribution in [3.63, 3.8) is 0 Å². The molecule has 1 fully saturated rings. The van der Waals surface area contributed by atoms with Gasteiger partial charge in [0.2, 0.25) is 0 Å². The Bertz CT molecular complexity index is 330. The minimum absolute atomic E-state index is 0.215. The Morgan fingerprint density at radius 2 is 1.71 bits per heavy atom. The summed E-state index contributed by atoms with van der Waals surface area (Å²) < 4.78 is 15.1. The fourth-order valence-electron chi connectivity index (χ4n) is 2.12. The molecule has 14 heavy (non-hydrogen) atoms. The molecule has 1 aliphatic rings. The van der Waals surface area contributed by atoms with Gasteiger partial charge in [0.15, 0.2) is 0 Å². The molecule has 0 radical (unpaired) electrons. The van der Waals surface area contributed by atoms with E-state index < -0.39 is 5.67 Å². The van der Waals surface area contributed by atoms with Crippen LogP contribution in [-0.2, 0) is 5.41 Å². The molecule has 0 nitrogen and oxygen atoms in total. The Kier molecular flexibility index (Phi) is 2.22. The zero-order chi connectivity index (χ0) is 10.4. The molecule has 2 rings (SSSR count). The minimum Gasteiger partial charge on any atom is -0.244 e. The second-order valence-corrected chi connectivity index (χ2v) is 5.48. The molecule has 0 amide bonds. The van der Waals surface area contributed by atoms with E-state index in [1.807, 2.05) is 24.3 Å². The third kappa shape index (κ3) is 1.50. The number of alkyl halides is 1. The van der Waals surface area contributed by atoms with Crippen LogP contribution in [0.1, 0.15) is 32.3 Å². The Morgan fingerprint density at radius 1 is 1.21 bits per heavy atom. The van der Waals surface area contributed by atoms with Crippen molar-refractivity contribution in [2.75, 3.05) is 0 Å². The monoisotopic (exact) mass is 256 g/mol. The first-order valence-electron chi connectivity index (χ1n) is 4.91. The van der Waals surface area contributed by atoms with Crippen LogP contribution in [0.2, 0.25) is 0 Å². The van der Waals surface area contributed by atoms with Gasteiger partial charge in [-0.25, -0.2) is 4.39 Å². The maximum atomic E-state index is 14.0. The van der Waals surface area contributed by atoms with E-state index in [0.717, 1.165) is 22.9 Å². The third-order valence-corrected chi connectivity index (χ3v) is 3.81. The highest BCUT2D eigenvalue weighted by Crippen LogP contribution is 2.57. The van der Waals surface area contributed by atoms with Crippen LogP contribution in [0, 0.1) is 0 Å². The molecule has 0 unspecified atom stereocenters. The maximum absolute atomic E-state index is 14.0. The normalized spacial score (nSPS) is 19.4. The molecule has 1 aromatic carbocycles. The molecule has 0 atom stereocenters. The van der Waals surface area contributed by atoms with E-state index in [2.05, 4.69) is 15.9 Å². The standard InChI is InChI=1S/C12H14BrF/c1-11(2,14)12(7-8-12)9-3-5-10(13)6-4-9/h3-6H,7-8H2,1-2H3. The molecule has 76 valence electrons. The van der Waals surface area contributed by atoms with E-state index in [-0.39, 0.29) is 5.41 Å². The Morgan fingerprint density at radius 3 is 2.07 bits per heavy atom. The first-order valence-corrected chi connectivity index (χ1v) is 5.70. The number of hydrogen-bond acceptors (Lipinski definition) is 0. The van der Waals surface area contributed by atoms with Crippen molar-refractivity contribution in [3.8, 4) is 0 Å². The molecular formula is C12H14BrF. The van der Waals surface area contributed by atoms with Crippen LogP contribution in [-0.4, -0.2) is 5.67 Å². The van der Waals surface area contributed by atoms with Crippen LogP contribution in [0.25, 0.3) is 0 Å². The lowest BCUT2D eigenvalue weighted by atomic mass is 9.83. The highest BCUT2D eigenvalue weighted by Gasteiger charge is 2.56. The van der Waals surface area contributed by atoms with Gasteiger partial charge in [-0.15, -0.1) is 0 Å². The number of benzene rings is 1. The van der Waals surface area contributed by atoms with Crippen LogP contribution in [0.5, 0.6) is 0 Å². The number of rotatable bonds is 2. The first-order chi connectivity index (χ1) is 6.46. The first kappa shape index (κ1) is 10.2. The van der Waals surface area contributed by atoms with E-state index >= 15 is 0 Å². The molecule has 0 aromatic heterocycles. The van der Waals surface area contributed by atoms with Crippen molar-refractivity contribution < 1.29 is 4.39 Å². The van der Waals surface area contributed by atoms with E-state index in [9.17, 15) is 4.39 Å². The topological polar surface area (TPSA) is 0 Å². The summed E-state index contributed by atoms with van der Waals surface area (Å²) in [4.78, 5) is 0. The average molecular weight is 257 g/mol. The Balaban J connectivity index is 2.36. The van der Waals surface area contributed by atoms with Gasteiger partial charge in [0.1, 0.15) is 5.67 Å². The second-order valence-electron chi connectivity index (χ2n) is 4.56. The van der Waals surface area contributed by atoms with Crippen LogP contribution in [0.15, 0.2) is 28.7 Å². The predicted octanol–water partition coefficient (Wildman–Crippen LogP) is 4.23. The van der Waals surface area contributed by atoms with E-state index in [0.29, 0.717) is 0 Å². The van der Waals surface area contributed by atoms with Crippen molar-refractivity contribution in [2.45, 2.75) is 37.8 Å². The lowest BCUT2D eigenvalue weighted by Gasteiger charge is -2.27. The van der Waals surface area contributed by atoms with Crippen molar-refractivity contribution in [1.29, 1.82) is 0 Å². The van der Waals surface area contributed by atoms with E-state index in [4.69, 9.17) is 0 Å². The second kappa shape index (κ2) is 3.06. The van der Waals surface area contributed by atoms with Crippen LogP contribution in [0.4, 0.5) is 4.39 Å². The highest BCUT2D eigenvalue weighted by molar-refractivity contribution is 9.10. The van der Waals surface area contributed by atoms with Crippen LogP contribution < -0.4 is 0 Å². The van der Waals surface area contributed by atoms with Crippen molar-refractivity contribution >= 4 is 15.9 Å². The van der Waals surface area contributed by atoms with Gasteiger partial charge in [-0.1, -0.05) is 28.1 Å². The summed E-state index contributed by atoms with van der Waals surface area (Å²) in [7, 11) is 0. The summed E-state index contributed by atoms with van der Waals surface area (Å²) in [5.41, 5.74) is -0.192. The molecule has 2 heteroatoms. The van der Waals surface area contributed by atoms with Gasteiger partial charge in [-0.3, -0.25) is 0 Å². The van der Waals surface area contributed by atoms with Gasteiger partial charge in [0.25, 0.3) is 0 Å².